The summed E-state index contributed by atoms with van der Waals surface area (Å²) in [5.41, 5.74) is 0.251. The van der Waals surface area contributed by atoms with Crippen LogP contribution in [0.4, 0.5) is 0 Å². The molecule has 0 bridgehead atoms. The lowest BCUT2D eigenvalue weighted by atomic mass is 9.99. The summed E-state index contributed by atoms with van der Waals surface area (Å²) in [5.74, 6) is 0.803. The van der Waals surface area contributed by atoms with Crippen LogP contribution in [0.3, 0.4) is 0 Å². The Morgan fingerprint density at radius 3 is 2.75 bits per heavy atom. The van der Waals surface area contributed by atoms with Crippen LogP contribution in [0, 0.1) is 0 Å². The summed E-state index contributed by atoms with van der Waals surface area (Å²) < 4.78 is 0. The second kappa shape index (κ2) is 8.55. The van der Waals surface area contributed by atoms with Crippen molar-refractivity contribution in [2.24, 2.45) is 0 Å². The summed E-state index contributed by atoms with van der Waals surface area (Å²) >= 11 is 7.80. The Labute approximate surface area is 130 Å². The molecule has 112 valence electrons. The van der Waals surface area contributed by atoms with E-state index in [2.05, 4.69) is 5.32 Å². The summed E-state index contributed by atoms with van der Waals surface area (Å²) in [6.07, 6.45) is 1.52. The predicted molar refractivity (Wildman–Crippen MR) is 86.6 cm³/mol. The Morgan fingerprint density at radius 1 is 1.45 bits per heavy atom. The van der Waals surface area contributed by atoms with Gasteiger partial charge in [0.15, 0.2) is 0 Å². The Morgan fingerprint density at radius 2 is 2.15 bits per heavy atom. The highest BCUT2D eigenvalue weighted by molar-refractivity contribution is 7.98. The normalized spacial score (nSPS) is 13.9. The molecule has 0 aliphatic rings. The van der Waals surface area contributed by atoms with E-state index in [9.17, 15) is 9.90 Å². The number of carboxylic acid groups (broad SMARTS) is 1. The number of thioether (sulfide) groups is 1. The summed E-state index contributed by atoms with van der Waals surface area (Å²) in [6, 6.07) is 7.75. The van der Waals surface area contributed by atoms with Gasteiger partial charge in [0.2, 0.25) is 0 Å². The highest BCUT2D eigenvalue weighted by Crippen LogP contribution is 2.23. The van der Waals surface area contributed by atoms with Crippen LogP contribution in [0.2, 0.25) is 5.02 Å². The second-order valence-corrected chi connectivity index (χ2v) is 6.47. The van der Waals surface area contributed by atoms with E-state index in [4.69, 9.17) is 11.6 Å². The molecule has 3 nitrogen and oxygen atoms in total. The van der Waals surface area contributed by atoms with E-state index < -0.39 is 11.5 Å². The van der Waals surface area contributed by atoms with Crippen LogP contribution >= 0.6 is 23.4 Å². The molecule has 1 aromatic rings. The van der Waals surface area contributed by atoms with Crippen molar-refractivity contribution >= 4 is 29.3 Å². The van der Waals surface area contributed by atoms with Gasteiger partial charge in [-0.05, 0) is 43.7 Å². The van der Waals surface area contributed by atoms with Gasteiger partial charge in [0.25, 0.3) is 0 Å². The standard InChI is InChI=1S/C15H22ClNO2S/c1-3-9-17-15(2,14(18)19)8-10-20-11-12-6-4-5-7-13(12)16/h4-7,17H,3,8-11H2,1-2H3,(H,18,19). The van der Waals surface area contributed by atoms with Crippen molar-refractivity contribution in [2.45, 2.75) is 38.0 Å². The second-order valence-electron chi connectivity index (χ2n) is 4.96. The fraction of sp³-hybridized carbons (Fsp3) is 0.533. The molecule has 2 N–H and O–H groups in total. The number of hydrogen-bond donors (Lipinski definition) is 2. The fourth-order valence-electron chi connectivity index (χ4n) is 1.75. The molecule has 0 radical (unpaired) electrons. The lowest BCUT2D eigenvalue weighted by Crippen LogP contribution is -2.50. The molecule has 5 heteroatoms. The molecule has 1 aromatic carbocycles. The molecule has 0 aliphatic heterocycles. The van der Waals surface area contributed by atoms with Crippen LogP contribution in [0.1, 0.15) is 32.3 Å². The molecule has 0 aliphatic carbocycles. The van der Waals surface area contributed by atoms with E-state index in [1.165, 1.54) is 0 Å². The molecule has 20 heavy (non-hydrogen) atoms. The van der Waals surface area contributed by atoms with Crippen LogP contribution in [0.15, 0.2) is 24.3 Å². The van der Waals surface area contributed by atoms with Gasteiger partial charge in [-0.25, -0.2) is 0 Å². The van der Waals surface area contributed by atoms with Gasteiger partial charge < -0.3 is 10.4 Å². The number of halogens is 1. The number of carboxylic acids is 1. The smallest absolute Gasteiger partial charge is 0.323 e. The Bertz CT molecular complexity index is 442. The average molecular weight is 316 g/mol. The lowest BCUT2D eigenvalue weighted by Gasteiger charge is -2.26. The van der Waals surface area contributed by atoms with Gasteiger partial charge in [-0.3, -0.25) is 4.79 Å². The van der Waals surface area contributed by atoms with Crippen LogP contribution in [0.25, 0.3) is 0 Å². The van der Waals surface area contributed by atoms with E-state index in [1.807, 2.05) is 31.2 Å². The number of rotatable bonds is 9. The first-order valence-electron chi connectivity index (χ1n) is 6.79. The first-order valence-corrected chi connectivity index (χ1v) is 8.32. The molecule has 0 saturated carbocycles. The van der Waals surface area contributed by atoms with E-state index >= 15 is 0 Å². The van der Waals surface area contributed by atoms with Crippen molar-refractivity contribution in [3.63, 3.8) is 0 Å². The minimum absolute atomic E-state index is 0.595. The maximum absolute atomic E-state index is 11.4. The van der Waals surface area contributed by atoms with Crippen molar-refractivity contribution in [2.75, 3.05) is 12.3 Å². The van der Waals surface area contributed by atoms with Crippen LogP contribution in [0.5, 0.6) is 0 Å². The molecule has 1 atom stereocenters. The van der Waals surface area contributed by atoms with Crippen LogP contribution in [-0.2, 0) is 10.5 Å². The minimum Gasteiger partial charge on any atom is -0.480 e. The molecule has 0 heterocycles. The molecule has 0 spiro atoms. The van der Waals surface area contributed by atoms with Gasteiger partial charge in [-0.15, -0.1) is 0 Å². The highest BCUT2D eigenvalue weighted by Gasteiger charge is 2.31. The number of carbonyl (C=O) groups is 1. The van der Waals surface area contributed by atoms with Crippen molar-refractivity contribution in [3.05, 3.63) is 34.9 Å². The lowest BCUT2D eigenvalue weighted by molar-refractivity contribution is -0.144. The first kappa shape index (κ1) is 17.3. The van der Waals surface area contributed by atoms with E-state index in [0.29, 0.717) is 6.42 Å². The maximum atomic E-state index is 11.4. The summed E-state index contributed by atoms with van der Waals surface area (Å²) in [4.78, 5) is 11.4. The third-order valence-corrected chi connectivity index (χ3v) is 4.58. The topological polar surface area (TPSA) is 49.3 Å². The van der Waals surface area contributed by atoms with Gasteiger partial charge >= 0.3 is 5.97 Å². The number of nitrogens with one attached hydrogen (secondary N) is 1. The molecule has 0 fully saturated rings. The fourth-order valence-corrected chi connectivity index (χ4v) is 3.20. The van der Waals surface area contributed by atoms with Gasteiger partial charge in [0.05, 0.1) is 0 Å². The number of aliphatic carboxylic acids is 1. The Balaban J connectivity index is 2.41. The van der Waals surface area contributed by atoms with Gasteiger partial charge in [0, 0.05) is 10.8 Å². The summed E-state index contributed by atoms with van der Waals surface area (Å²) in [7, 11) is 0. The maximum Gasteiger partial charge on any atom is 0.323 e. The molecule has 1 unspecified atom stereocenters. The summed E-state index contributed by atoms with van der Waals surface area (Å²) in [6.45, 7) is 4.50. The minimum atomic E-state index is -0.844. The largest absolute Gasteiger partial charge is 0.480 e. The first-order chi connectivity index (χ1) is 9.49. The zero-order chi connectivity index (χ0) is 15.0. The van der Waals surface area contributed by atoms with Gasteiger partial charge in [0.1, 0.15) is 5.54 Å². The van der Waals surface area contributed by atoms with Crippen molar-refractivity contribution in [1.82, 2.24) is 5.32 Å². The molecule has 0 amide bonds. The third-order valence-electron chi connectivity index (χ3n) is 3.20. The summed E-state index contributed by atoms with van der Waals surface area (Å²) in [5, 5.41) is 13.2. The Hall–Kier alpha value is -0.710. The molecular formula is C15H22ClNO2S. The van der Waals surface area contributed by atoms with Crippen molar-refractivity contribution < 1.29 is 9.90 Å². The zero-order valence-electron chi connectivity index (χ0n) is 12.0. The van der Waals surface area contributed by atoms with Gasteiger partial charge in [-0.1, -0.05) is 36.7 Å². The zero-order valence-corrected chi connectivity index (χ0v) is 13.6. The van der Waals surface area contributed by atoms with E-state index in [0.717, 1.165) is 35.1 Å². The third kappa shape index (κ3) is 5.35. The van der Waals surface area contributed by atoms with Gasteiger partial charge in [-0.2, -0.15) is 11.8 Å². The highest BCUT2D eigenvalue weighted by atomic mass is 35.5. The molecule has 0 saturated heterocycles. The Kier molecular flexibility index (Phi) is 7.41. The molecular weight excluding hydrogens is 294 g/mol. The van der Waals surface area contributed by atoms with Crippen LogP contribution < -0.4 is 5.32 Å². The SMILES string of the molecule is CCCNC(C)(CCSCc1ccccc1Cl)C(=O)O. The molecule has 1 rings (SSSR count). The number of benzene rings is 1. The number of hydrogen-bond acceptors (Lipinski definition) is 3. The van der Waals surface area contributed by atoms with E-state index in [1.54, 1.807) is 18.7 Å². The van der Waals surface area contributed by atoms with E-state index in [-0.39, 0.29) is 0 Å². The van der Waals surface area contributed by atoms with Crippen LogP contribution in [-0.4, -0.2) is 28.9 Å². The quantitative estimate of drug-likeness (QED) is 0.680. The monoisotopic (exact) mass is 315 g/mol. The van der Waals surface area contributed by atoms with Crippen molar-refractivity contribution in [3.8, 4) is 0 Å². The average Bonchev–Trinajstić information content (AvgIpc) is 2.43. The molecule has 0 aromatic heterocycles. The predicted octanol–water partition coefficient (Wildman–Crippen LogP) is 3.81. The van der Waals surface area contributed by atoms with Crippen molar-refractivity contribution in [1.29, 1.82) is 0 Å².